The molecule has 3 nitrogen and oxygen atoms in total. The van der Waals surface area contributed by atoms with Gasteiger partial charge in [-0.3, -0.25) is 4.90 Å². The molecule has 0 aromatic rings. The molecule has 18 heavy (non-hydrogen) atoms. The number of hydrogen-bond donors (Lipinski definition) is 1. The van der Waals surface area contributed by atoms with Gasteiger partial charge in [0.25, 0.3) is 0 Å². The van der Waals surface area contributed by atoms with Gasteiger partial charge in [-0.2, -0.15) is 0 Å². The van der Waals surface area contributed by atoms with Gasteiger partial charge in [0.15, 0.2) is 0 Å². The summed E-state index contributed by atoms with van der Waals surface area (Å²) in [5.74, 6) is 0.753. The van der Waals surface area contributed by atoms with E-state index in [0.717, 1.165) is 38.8 Å². The van der Waals surface area contributed by atoms with Crippen molar-refractivity contribution in [3.63, 3.8) is 0 Å². The summed E-state index contributed by atoms with van der Waals surface area (Å²) in [7, 11) is 0. The molecular weight excluding hydrogens is 224 g/mol. The zero-order chi connectivity index (χ0) is 13.6. The molecule has 1 aliphatic rings. The molecule has 1 aliphatic heterocycles. The highest BCUT2D eigenvalue weighted by molar-refractivity contribution is 4.97. The van der Waals surface area contributed by atoms with Crippen molar-refractivity contribution in [1.82, 2.24) is 10.2 Å². The maximum atomic E-state index is 5.49. The first-order chi connectivity index (χ1) is 8.57. The van der Waals surface area contributed by atoms with Crippen LogP contribution in [0, 0.1) is 5.92 Å². The van der Waals surface area contributed by atoms with Crippen molar-refractivity contribution in [3.05, 3.63) is 0 Å². The van der Waals surface area contributed by atoms with E-state index in [-0.39, 0.29) is 5.54 Å². The van der Waals surface area contributed by atoms with Crippen LogP contribution in [0.3, 0.4) is 0 Å². The highest BCUT2D eigenvalue weighted by Crippen LogP contribution is 2.28. The largest absolute Gasteiger partial charge is 0.379 e. The second-order valence-electron chi connectivity index (χ2n) is 5.87. The Morgan fingerprint density at radius 2 is 1.67 bits per heavy atom. The first kappa shape index (κ1) is 15.9. The Morgan fingerprint density at radius 3 is 2.11 bits per heavy atom. The molecule has 0 saturated carbocycles. The van der Waals surface area contributed by atoms with Gasteiger partial charge in [0, 0.05) is 24.7 Å². The summed E-state index contributed by atoms with van der Waals surface area (Å²) in [5.41, 5.74) is 0.205. The van der Waals surface area contributed by atoms with Gasteiger partial charge in [-0.1, -0.05) is 33.6 Å². The van der Waals surface area contributed by atoms with Crippen molar-refractivity contribution in [1.29, 1.82) is 0 Å². The Balaban J connectivity index is 2.79. The lowest BCUT2D eigenvalue weighted by Gasteiger charge is -2.48. The fourth-order valence-electron chi connectivity index (χ4n) is 3.31. The zero-order valence-corrected chi connectivity index (χ0v) is 13.0. The highest BCUT2D eigenvalue weighted by Gasteiger charge is 2.38. The second kappa shape index (κ2) is 7.46. The lowest BCUT2D eigenvalue weighted by Crippen LogP contribution is -2.62. The van der Waals surface area contributed by atoms with Gasteiger partial charge >= 0.3 is 0 Å². The minimum Gasteiger partial charge on any atom is -0.379 e. The van der Waals surface area contributed by atoms with Crippen molar-refractivity contribution in [2.45, 2.75) is 59.0 Å². The van der Waals surface area contributed by atoms with E-state index in [9.17, 15) is 0 Å². The van der Waals surface area contributed by atoms with Gasteiger partial charge in [0.2, 0.25) is 0 Å². The molecule has 1 fully saturated rings. The van der Waals surface area contributed by atoms with Crippen LogP contribution in [0.15, 0.2) is 0 Å². The molecule has 0 amide bonds. The molecule has 1 atom stereocenters. The third-order valence-electron chi connectivity index (χ3n) is 4.53. The molecule has 1 N–H and O–H groups in total. The van der Waals surface area contributed by atoms with E-state index in [4.69, 9.17) is 4.74 Å². The van der Waals surface area contributed by atoms with Crippen LogP contribution >= 0.6 is 0 Å². The molecule has 1 heterocycles. The first-order valence-electron chi connectivity index (χ1n) is 7.64. The van der Waals surface area contributed by atoms with Crippen molar-refractivity contribution in [3.8, 4) is 0 Å². The second-order valence-corrected chi connectivity index (χ2v) is 5.87. The third kappa shape index (κ3) is 3.69. The monoisotopic (exact) mass is 256 g/mol. The molecule has 0 aliphatic carbocycles. The number of rotatable bonds is 7. The minimum atomic E-state index is 0.205. The van der Waals surface area contributed by atoms with Crippen molar-refractivity contribution in [2.24, 2.45) is 5.92 Å². The van der Waals surface area contributed by atoms with Crippen LogP contribution < -0.4 is 5.32 Å². The SMILES string of the molecule is CCNC(C(CC)CC)C(C)(C)N1CCOCC1. The number of morpholine rings is 1. The summed E-state index contributed by atoms with van der Waals surface area (Å²) in [5, 5.41) is 3.74. The molecule has 108 valence electrons. The van der Waals surface area contributed by atoms with E-state index >= 15 is 0 Å². The fraction of sp³-hybridized carbons (Fsp3) is 1.00. The molecule has 3 heteroatoms. The number of hydrogen-bond acceptors (Lipinski definition) is 3. The summed E-state index contributed by atoms with van der Waals surface area (Å²) in [6.07, 6.45) is 2.50. The lowest BCUT2D eigenvalue weighted by atomic mass is 9.80. The molecule has 1 saturated heterocycles. The number of nitrogens with zero attached hydrogens (tertiary/aromatic N) is 1. The average molecular weight is 256 g/mol. The van der Waals surface area contributed by atoms with Crippen molar-refractivity contribution >= 4 is 0 Å². The fourth-order valence-corrected chi connectivity index (χ4v) is 3.31. The molecule has 0 radical (unpaired) electrons. The predicted octanol–water partition coefficient (Wildman–Crippen LogP) is 2.51. The summed E-state index contributed by atoms with van der Waals surface area (Å²) >= 11 is 0. The van der Waals surface area contributed by atoms with Crippen LogP contribution in [-0.4, -0.2) is 49.3 Å². The summed E-state index contributed by atoms with van der Waals surface area (Å²) < 4.78 is 5.49. The summed E-state index contributed by atoms with van der Waals surface area (Å²) in [6, 6.07) is 0.565. The van der Waals surface area contributed by atoms with E-state index in [0.29, 0.717) is 6.04 Å². The van der Waals surface area contributed by atoms with Crippen molar-refractivity contribution < 1.29 is 4.74 Å². The maximum absolute atomic E-state index is 5.49. The molecule has 1 unspecified atom stereocenters. The lowest BCUT2D eigenvalue weighted by molar-refractivity contribution is -0.0320. The van der Waals surface area contributed by atoms with Crippen LogP contribution in [0.4, 0.5) is 0 Å². The molecule has 0 aromatic heterocycles. The Labute approximate surface area is 113 Å². The zero-order valence-electron chi connectivity index (χ0n) is 13.0. The van der Waals surface area contributed by atoms with Crippen molar-refractivity contribution in [2.75, 3.05) is 32.8 Å². The van der Waals surface area contributed by atoms with Gasteiger partial charge in [-0.15, -0.1) is 0 Å². The predicted molar refractivity (Wildman–Crippen MR) is 78.0 cm³/mol. The standard InChI is InChI=1S/C15H32N2O/c1-6-13(7-2)14(16-8-3)15(4,5)17-9-11-18-12-10-17/h13-14,16H,6-12H2,1-5H3. The molecular formula is C15H32N2O. The Bertz CT molecular complexity index is 221. The van der Waals surface area contributed by atoms with Crippen LogP contribution in [0.5, 0.6) is 0 Å². The van der Waals surface area contributed by atoms with Crippen LogP contribution in [0.2, 0.25) is 0 Å². The molecule has 0 aromatic carbocycles. The molecule has 0 bridgehead atoms. The summed E-state index contributed by atoms with van der Waals surface area (Å²) in [4.78, 5) is 2.60. The van der Waals surface area contributed by atoms with Gasteiger partial charge in [0.1, 0.15) is 0 Å². The highest BCUT2D eigenvalue weighted by atomic mass is 16.5. The Hall–Kier alpha value is -0.120. The normalized spacial score (nSPS) is 20.3. The summed E-state index contributed by atoms with van der Waals surface area (Å²) in [6.45, 7) is 16.6. The van der Waals surface area contributed by atoms with E-state index in [1.807, 2.05) is 0 Å². The Morgan fingerprint density at radius 1 is 1.11 bits per heavy atom. The first-order valence-corrected chi connectivity index (χ1v) is 7.64. The number of ether oxygens (including phenoxy) is 1. The Kier molecular flexibility index (Phi) is 6.61. The third-order valence-corrected chi connectivity index (χ3v) is 4.53. The topological polar surface area (TPSA) is 24.5 Å². The van der Waals surface area contributed by atoms with Crippen LogP contribution in [0.1, 0.15) is 47.5 Å². The maximum Gasteiger partial charge on any atom is 0.0594 e. The quantitative estimate of drug-likeness (QED) is 0.757. The van der Waals surface area contributed by atoms with E-state index in [1.54, 1.807) is 0 Å². The van der Waals surface area contributed by atoms with Gasteiger partial charge in [-0.05, 0) is 26.3 Å². The van der Waals surface area contributed by atoms with E-state index < -0.39 is 0 Å². The number of nitrogens with one attached hydrogen (secondary N) is 1. The number of likely N-dealkylation sites (N-methyl/N-ethyl adjacent to an activating group) is 1. The molecule has 0 spiro atoms. The average Bonchev–Trinajstić information content (AvgIpc) is 2.40. The van der Waals surface area contributed by atoms with E-state index in [1.165, 1.54) is 12.8 Å². The molecule has 1 rings (SSSR count). The van der Waals surface area contributed by atoms with Gasteiger partial charge in [-0.25, -0.2) is 0 Å². The van der Waals surface area contributed by atoms with Crippen LogP contribution in [0.25, 0.3) is 0 Å². The minimum absolute atomic E-state index is 0.205. The van der Waals surface area contributed by atoms with Gasteiger partial charge < -0.3 is 10.1 Å². The van der Waals surface area contributed by atoms with E-state index in [2.05, 4.69) is 44.8 Å². The van der Waals surface area contributed by atoms with Gasteiger partial charge in [0.05, 0.1) is 13.2 Å². The van der Waals surface area contributed by atoms with Crippen LogP contribution in [-0.2, 0) is 4.74 Å². The smallest absolute Gasteiger partial charge is 0.0594 e.